The molecule has 2 aromatic rings. The predicted octanol–water partition coefficient (Wildman–Crippen LogP) is 4.64. The summed E-state index contributed by atoms with van der Waals surface area (Å²) >= 11 is 7.58. The van der Waals surface area contributed by atoms with Crippen molar-refractivity contribution in [1.29, 1.82) is 5.26 Å². The van der Waals surface area contributed by atoms with Crippen LogP contribution in [0.25, 0.3) is 0 Å². The third-order valence-electron chi connectivity index (χ3n) is 2.37. The van der Waals surface area contributed by atoms with Crippen LogP contribution in [0.4, 0.5) is 4.39 Å². The fourth-order valence-electron chi connectivity index (χ4n) is 1.45. The molecule has 0 unspecified atom stereocenters. The molecule has 0 spiro atoms. The normalized spacial score (nSPS) is 10.1. The third-order valence-corrected chi connectivity index (χ3v) is 3.77. The first kappa shape index (κ1) is 12.9. The third kappa shape index (κ3) is 3.25. The van der Waals surface area contributed by atoms with Crippen molar-refractivity contribution in [3.05, 3.63) is 64.4 Å². The zero-order valence-corrected chi connectivity index (χ0v) is 10.9. The minimum atomic E-state index is -0.245. The summed E-state index contributed by atoms with van der Waals surface area (Å²) in [5, 5.41) is 9.30. The van der Waals surface area contributed by atoms with E-state index in [1.807, 2.05) is 18.2 Å². The van der Waals surface area contributed by atoms with Crippen LogP contribution in [0.15, 0.2) is 47.4 Å². The molecule has 0 N–H and O–H groups in total. The van der Waals surface area contributed by atoms with Gasteiger partial charge in [0.05, 0.1) is 11.6 Å². The minimum absolute atomic E-state index is 0.245. The monoisotopic (exact) mass is 277 g/mol. The Labute approximate surface area is 114 Å². The minimum Gasteiger partial charge on any atom is -0.207 e. The van der Waals surface area contributed by atoms with Crippen LogP contribution >= 0.6 is 23.4 Å². The van der Waals surface area contributed by atoms with E-state index in [0.717, 1.165) is 10.5 Å². The van der Waals surface area contributed by atoms with Crippen LogP contribution in [0, 0.1) is 17.1 Å². The maximum Gasteiger partial charge on any atom is 0.124 e. The Morgan fingerprint density at radius 1 is 1.22 bits per heavy atom. The topological polar surface area (TPSA) is 23.8 Å². The average Bonchev–Trinajstić information content (AvgIpc) is 2.37. The summed E-state index contributed by atoms with van der Waals surface area (Å²) < 4.78 is 13.0. The summed E-state index contributed by atoms with van der Waals surface area (Å²) in [6, 6.07) is 13.7. The van der Waals surface area contributed by atoms with E-state index in [-0.39, 0.29) is 5.82 Å². The standard InChI is InChI=1S/C14H9ClFNS/c15-14-6-10(8-17)4-5-11(14)9-18-13-3-1-2-12(16)7-13/h1-7H,9H2. The van der Waals surface area contributed by atoms with Gasteiger partial charge in [0, 0.05) is 15.7 Å². The molecule has 0 aromatic heterocycles. The Bertz CT molecular complexity index is 607. The van der Waals surface area contributed by atoms with Crippen LogP contribution in [-0.4, -0.2) is 0 Å². The molecule has 1 nitrogen and oxygen atoms in total. The van der Waals surface area contributed by atoms with E-state index in [0.29, 0.717) is 16.3 Å². The lowest BCUT2D eigenvalue weighted by Crippen LogP contribution is -1.85. The highest BCUT2D eigenvalue weighted by molar-refractivity contribution is 7.98. The van der Waals surface area contributed by atoms with Crippen molar-refractivity contribution in [2.75, 3.05) is 0 Å². The van der Waals surface area contributed by atoms with Crippen molar-refractivity contribution in [1.82, 2.24) is 0 Å². The van der Waals surface area contributed by atoms with Gasteiger partial charge in [-0.3, -0.25) is 0 Å². The van der Waals surface area contributed by atoms with Gasteiger partial charge in [0.25, 0.3) is 0 Å². The molecule has 0 amide bonds. The Balaban J connectivity index is 2.09. The summed E-state index contributed by atoms with van der Waals surface area (Å²) in [5.41, 5.74) is 1.48. The van der Waals surface area contributed by atoms with E-state index in [1.54, 1.807) is 18.2 Å². The molecule has 0 aliphatic carbocycles. The number of rotatable bonds is 3. The number of nitrogens with zero attached hydrogens (tertiary/aromatic N) is 1. The molecule has 18 heavy (non-hydrogen) atoms. The zero-order chi connectivity index (χ0) is 13.0. The Morgan fingerprint density at radius 3 is 2.72 bits per heavy atom. The summed E-state index contributed by atoms with van der Waals surface area (Å²) in [7, 11) is 0. The van der Waals surface area contributed by atoms with Gasteiger partial charge in [-0.15, -0.1) is 11.8 Å². The highest BCUT2D eigenvalue weighted by atomic mass is 35.5. The fourth-order valence-corrected chi connectivity index (χ4v) is 2.72. The number of hydrogen-bond donors (Lipinski definition) is 0. The van der Waals surface area contributed by atoms with Crippen LogP contribution in [0.5, 0.6) is 0 Å². The van der Waals surface area contributed by atoms with Gasteiger partial charge in [0.1, 0.15) is 5.82 Å². The predicted molar refractivity (Wildman–Crippen MR) is 72.1 cm³/mol. The molecule has 0 fully saturated rings. The van der Waals surface area contributed by atoms with Crippen LogP contribution in [-0.2, 0) is 5.75 Å². The molecular formula is C14H9ClFNS. The quantitative estimate of drug-likeness (QED) is 0.763. The second kappa shape index (κ2) is 5.90. The summed E-state index contributed by atoms with van der Waals surface area (Å²) in [6.45, 7) is 0. The number of hydrogen-bond acceptors (Lipinski definition) is 2. The molecule has 0 heterocycles. The second-order valence-corrected chi connectivity index (χ2v) is 5.12. The summed E-state index contributed by atoms with van der Waals surface area (Å²) in [5.74, 6) is 0.402. The highest BCUT2D eigenvalue weighted by Gasteiger charge is 2.03. The number of thioether (sulfide) groups is 1. The van der Waals surface area contributed by atoms with Crippen molar-refractivity contribution in [3.63, 3.8) is 0 Å². The van der Waals surface area contributed by atoms with E-state index in [4.69, 9.17) is 16.9 Å². The number of halogens is 2. The first-order valence-corrected chi connectivity index (χ1v) is 6.62. The first-order valence-electron chi connectivity index (χ1n) is 5.26. The maximum atomic E-state index is 13.0. The molecule has 0 aliphatic heterocycles. The van der Waals surface area contributed by atoms with Crippen molar-refractivity contribution < 1.29 is 4.39 Å². The van der Waals surface area contributed by atoms with Crippen molar-refractivity contribution >= 4 is 23.4 Å². The molecule has 2 aromatic carbocycles. The highest BCUT2D eigenvalue weighted by Crippen LogP contribution is 2.27. The van der Waals surface area contributed by atoms with Crippen LogP contribution < -0.4 is 0 Å². The molecule has 0 saturated carbocycles. The molecule has 0 radical (unpaired) electrons. The van der Waals surface area contributed by atoms with E-state index in [2.05, 4.69) is 0 Å². The van der Waals surface area contributed by atoms with Crippen LogP contribution in [0.3, 0.4) is 0 Å². The van der Waals surface area contributed by atoms with Gasteiger partial charge < -0.3 is 0 Å². The molecule has 0 bridgehead atoms. The van der Waals surface area contributed by atoms with E-state index >= 15 is 0 Å². The van der Waals surface area contributed by atoms with Crippen molar-refractivity contribution in [2.24, 2.45) is 0 Å². The molecule has 0 atom stereocenters. The Kier molecular flexibility index (Phi) is 4.24. The van der Waals surface area contributed by atoms with Gasteiger partial charge in [-0.05, 0) is 35.9 Å². The lowest BCUT2D eigenvalue weighted by atomic mass is 10.2. The van der Waals surface area contributed by atoms with E-state index in [9.17, 15) is 4.39 Å². The van der Waals surface area contributed by atoms with Gasteiger partial charge in [-0.1, -0.05) is 23.7 Å². The number of nitriles is 1. The van der Waals surface area contributed by atoms with Gasteiger partial charge in [-0.2, -0.15) is 5.26 Å². The van der Waals surface area contributed by atoms with Gasteiger partial charge >= 0.3 is 0 Å². The Morgan fingerprint density at radius 2 is 2.06 bits per heavy atom. The van der Waals surface area contributed by atoms with Gasteiger partial charge in [0.15, 0.2) is 0 Å². The number of benzene rings is 2. The Hall–Kier alpha value is -1.50. The zero-order valence-electron chi connectivity index (χ0n) is 9.36. The van der Waals surface area contributed by atoms with Gasteiger partial charge in [-0.25, -0.2) is 4.39 Å². The molecule has 0 aliphatic rings. The first-order chi connectivity index (χ1) is 8.69. The molecule has 0 saturated heterocycles. The average molecular weight is 278 g/mol. The van der Waals surface area contributed by atoms with E-state index < -0.39 is 0 Å². The van der Waals surface area contributed by atoms with E-state index in [1.165, 1.54) is 23.9 Å². The van der Waals surface area contributed by atoms with Crippen molar-refractivity contribution in [3.8, 4) is 6.07 Å². The molecule has 90 valence electrons. The lowest BCUT2D eigenvalue weighted by molar-refractivity contribution is 0.624. The fraction of sp³-hybridized carbons (Fsp3) is 0.0714. The summed E-state index contributed by atoms with van der Waals surface area (Å²) in [4.78, 5) is 0.857. The molecule has 2 rings (SSSR count). The molecule has 4 heteroatoms. The van der Waals surface area contributed by atoms with Crippen LogP contribution in [0.2, 0.25) is 5.02 Å². The van der Waals surface area contributed by atoms with Crippen LogP contribution in [0.1, 0.15) is 11.1 Å². The second-order valence-electron chi connectivity index (χ2n) is 3.66. The smallest absolute Gasteiger partial charge is 0.124 e. The maximum absolute atomic E-state index is 13.0. The lowest BCUT2D eigenvalue weighted by Gasteiger charge is -2.04. The van der Waals surface area contributed by atoms with Crippen molar-refractivity contribution in [2.45, 2.75) is 10.6 Å². The summed E-state index contributed by atoms with van der Waals surface area (Å²) in [6.07, 6.45) is 0. The SMILES string of the molecule is N#Cc1ccc(CSc2cccc(F)c2)c(Cl)c1. The largest absolute Gasteiger partial charge is 0.207 e. The molecular weight excluding hydrogens is 269 g/mol. The van der Waals surface area contributed by atoms with Gasteiger partial charge in [0.2, 0.25) is 0 Å².